The zero-order valence-electron chi connectivity index (χ0n) is 15.1. The van der Waals surface area contributed by atoms with Gasteiger partial charge < -0.3 is 24.4 Å². The first-order valence-corrected chi connectivity index (χ1v) is 7.99. The van der Waals surface area contributed by atoms with Crippen molar-refractivity contribution in [2.24, 2.45) is 0 Å². The third kappa shape index (κ3) is 3.03. The number of nitrogens with zero attached hydrogens (tertiary/aromatic N) is 1. The SMILES string of the molecule is COc1cc(NC(=O)c2ccc3c(c2)CC(=O)N3C)cc(OC)c1OC. The third-order valence-corrected chi connectivity index (χ3v) is 4.34. The van der Waals surface area contributed by atoms with Gasteiger partial charge in [0.05, 0.1) is 27.8 Å². The van der Waals surface area contributed by atoms with Gasteiger partial charge in [-0.15, -0.1) is 0 Å². The summed E-state index contributed by atoms with van der Waals surface area (Å²) in [5.41, 5.74) is 2.66. The van der Waals surface area contributed by atoms with Gasteiger partial charge in [0.1, 0.15) is 0 Å². The molecule has 0 bridgehead atoms. The second kappa shape index (κ2) is 6.95. The van der Waals surface area contributed by atoms with Crippen molar-refractivity contribution in [3.05, 3.63) is 41.5 Å². The van der Waals surface area contributed by atoms with Crippen molar-refractivity contribution in [2.45, 2.75) is 6.42 Å². The molecule has 2 amide bonds. The van der Waals surface area contributed by atoms with Gasteiger partial charge in [0.2, 0.25) is 11.7 Å². The molecule has 136 valence electrons. The summed E-state index contributed by atoms with van der Waals surface area (Å²) in [5.74, 6) is 1.07. The molecule has 2 aromatic carbocycles. The van der Waals surface area contributed by atoms with E-state index in [1.54, 1.807) is 42.3 Å². The fraction of sp³-hybridized carbons (Fsp3) is 0.263. The van der Waals surface area contributed by atoms with Crippen LogP contribution in [0.1, 0.15) is 15.9 Å². The number of nitrogens with one attached hydrogen (secondary N) is 1. The van der Waals surface area contributed by atoms with Crippen LogP contribution in [0.3, 0.4) is 0 Å². The first kappa shape index (κ1) is 17.6. The van der Waals surface area contributed by atoms with Gasteiger partial charge in [0.15, 0.2) is 11.5 Å². The van der Waals surface area contributed by atoms with Crippen LogP contribution in [0.25, 0.3) is 0 Å². The van der Waals surface area contributed by atoms with Crippen LogP contribution < -0.4 is 24.4 Å². The Bertz CT molecular complexity index is 853. The molecule has 26 heavy (non-hydrogen) atoms. The molecule has 1 aliphatic rings. The maximum atomic E-state index is 12.6. The summed E-state index contributed by atoms with van der Waals surface area (Å²) in [6.07, 6.45) is 0.303. The summed E-state index contributed by atoms with van der Waals surface area (Å²) in [5, 5.41) is 2.82. The van der Waals surface area contributed by atoms with E-state index in [0.717, 1.165) is 11.3 Å². The van der Waals surface area contributed by atoms with E-state index >= 15 is 0 Å². The number of ether oxygens (including phenoxy) is 3. The summed E-state index contributed by atoms with van der Waals surface area (Å²) in [6, 6.07) is 8.53. The Kier molecular flexibility index (Phi) is 4.71. The van der Waals surface area contributed by atoms with Crippen molar-refractivity contribution >= 4 is 23.2 Å². The molecule has 2 aromatic rings. The van der Waals surface area contributed by atoms with E-state index in [1.807, 2.05) is 0 Å². The van der Waals surface area contributed by atoms with Crippen LogP contribution in [0.4, 0.5) is 11.4 Å². The average molecular weight is 356 g/mol. The predicted octanol–water partition coefficient (Wildman–Crippen LogP) is 2.48. The summed E-state index contributed by atoms with van der Waals surface area (Å²) in [7, 11) is 6.26. The highest BCUT2D eigenvalue weighted by atomic mass is 16.5. The molecule has 1 N–H and O–H groups in total. The topological polar surface area (TPSA) is 77.1 Å². The molecule has 0 atom stereocenters. The lowest BCUT2D eigenvalue weighted by molar-refractivity contribution is -0.117. The Hall–Kier alpha value is -3.22. The minimum Gasteiger partial charge on any atom is -0.493 e. The molecule has 1 aliphatic heterocycles. The van der Waals surface area contributed by atoms with Crippen molar-refractivity contribution in [2.75, 3.05) is 38.6 Å². The van der Waals surface area contributed by atoms with E-state index < -0.39 is 0 Å². The Labute approximate surface area is 151 Å². The number of rotatable bonds is 5. The highest BCUT2D eigenvalue weighted by Crippen LogP contribution is 2.40. The highest BCUT2D eigenvalue weighted by molar-refractivity contribution is 6.07. The molecule has 0 saturated carbocycles. The van der Waals surface area contributed by atoms with Gasteiger partial charge in [-0.25, -0.2) is 0 Å². The van der Waals surface area contributed by atoms with Crippen LogP contribution in [-0.2, 0) is 11.2 Å². The summed E-state index contributed by atoms with van der Waals surface area (Å²) >= 11 is 0. The van der Waals surface area contributed by atoms with Gasteiger partial charge in [-0.1, -0.05) is 0 Å². The van der Waals surface area contributed by atoms with Crippen molar-refractivity contribution in [3.63, 3.8) is 0 Å². The van der Waals surface area contributed by atoms with E-state index in [9.17, 15) is 9.59 Å². The fourth-order valence-corrected chi connectivity index (χ4v) is 2.97. The zero-order chi connectivity index (χ0) is 18.8. The van der Waals surface area contributed by atoms with Crippen LogP contribution in [0, 0.1) is 0 Å². The first-order chi connectivity index (χ1) is 12.5. The molecule has 7 nitrogen and oxygen atoms in total. The number of amides is 2. The average Bonchev–Trinajstić information content (AvgIpc) is 2.94. The van der Waals surface area contributed by atoms with Gasteiger partial charge >= 0.3 is 0 Å². The molecule has 0 fully saturated rings. The van der Waals surface area contributed by atoms with Crippen molar-refractivity contribution < 1.29 is 23.8 Å². The molecule has 3 rings (SSSR count). The van der Waals surface area contributed by atoms with Gasteiger partial charge in [0.25, 0.3) is 5.91 Å². The molecular formula is C19H20N2O5. The zero-order valence-corrected chi connectivity index (χ0v) is 15.1. The summed E-state index contributed by atoms with van der Waals surface area (Å²) in [6.45, 7) is 0. The van der Waals surface area contributed by atoms with Crippen molar-refractivity contribution in [1.82, 2.24) is 0 Å². The Morgan fingerprint density at radius 3 is 2.27 bits per heavy atom. The number of likely N-dealkylation sites (N-methyl/N-ethyl adjacent to an activating group) is 1. The number of carbonyl (C=O) groups excluding carboxylic acids is 2. The lowest BCUT2D eigenvalue weighted by Gasteiger charge is -2.15. The monoisotopic (exact) mass is 356 g/mol. The lowest BCUT2D eigenvalue weighted by Crippen LogP contribution is -2.20. The van der Waals surface area contributed by atoms with Crippen LogP contribution in [0.15, 0.2) is 30.3 Å². The Morgan fingerprint density at radius 1 is 1.04 bits per heavy atom. The minimum atomic E-state index is -0.288. The maximum absolute atomic E-state index is 12.6. The molecular weight excluding hydrogens is 336 g/mol. The fourth-order valence-electron chi connectivity index (χ4n) is 2.97. The molecule has 0 aliphatic carbocycles. The molecule has 0 spiro atoms. The lowest BCUT2D eigenvalue weighted by atomic mass is 10.1. The quantitative estimate of drug-likeness (QED) is 0.891. The molecule has 1 heterocycles. The van der Waals surface area contributed by atoms with E-state index in [-0.39, 0.29) is 11.8 Å². The van der Waals surface area contributed by atoms with E-state index in [1.165, 1.54) is 21.3 Å². The van der Waals surface area contributed by atoms with E-state index in [2.05, 4.69) is 5.32 Å². The Morgan fingerprint density at radius 2 is 1.69 bits per heavy atom. The minimum absolute atomic E-state index is 0.0159. The number of hydrogen-bond acceptors (Lipinski definition) is 5. The standard InChI is InChI=1S/C19H20N2O5/c1-21-14-6-5-11(7-12(14)8-17(21)22)19(23)20-13-9-15(24-2)18(26-4)16(10-13)25-3/h5-7,9-10H,8H2,1-4H3,(H,20,23). The smallest absolute Gasteiger partial charge is 0.255 e. The van der Waals surface area contributed by atoms with E-state index in [0.29, 0.717) is 34.9 Å². The second-order valence-electron chi connectivity index (χ2n) is 5.84. The number of benzene rings is 2. The van der Waals surface area contributed by atoms with Crippen LogP contribution in [-0.4, -0.2) is 40.2 Å². The highest BCUT2D eigenvalue weighted by Gasteiger charge is 2.25. The predicted molar refractivity (Wildman–Crippen MR) is 97.6 cm³/mol. The van der Waals surface area contributed by atoms with Gasteiger partial charge in [-0.3, -0.25) is 9.59 Å². The first-order valence-electron chi connectivity index (χ1n) is 7.99. The van der Waals surface area contributed by atoms with Gasteiger partial charge in [-0.2, -0.15) is 0 Å². The van der Waals surface area contributed by atoms with Crippen LogP contribution >= 0.6 is 0 Å². The number of fused-ring (bicyclic) bond motifs is 1. The number of anilines is 2. The second-order valence-corrected chi connectivity index (χ2v) is 5.84. The number of hydrogen-bond donors (Lipinski definition) is 1. The molecule has 7 heteroatoms. The normalized spacial score (nSPS) is 12.6. The van der Waals surface area contributed by atoms with Crippen molar-refractivity contribution in [1.29, 1.82) is 0 Å². The van der Waals surface area contributed by atoms with Crippen LogP contribution in [0.5, 0.6) is 17.2 Å². The number of methoxy groups -OCH3 is 3. The maximum Gasteiger partial charge on any atom is 0.255 e. The molecule has 0 aromatic heterocycles. The summed E-state index contributed by atoms with van der Waals surface area (Å²) in [4.78, 5) is 26.0. The summed E-state index contributed by atoms with van der Waals surface area (Å²) < 4.78 is 15.9. The third-order valence-electron chi connectivity index (χ3n) is 4.34. The Balaban J connectivity index is 1.87. The van der Waals surface area contributed by atoms with Crippen LogP contribution in [0.2, 0.25) is 0 Å². The molecule has 0 radical (unpaired) electrons. The molecule has 0 saturated heterocycles. The number of carbonyl (C=O) groups is 2. The molecule has 0 unspecified atom stereocenters. The largest absolute Gasteiger partial charge is 0.493 e. The van der Waals surface area contributed by atoms with Gasteiger partial charge in [0, 0.05) is 36.1 Å². The van der Waals surface area contributed by atoms with Crippen molar-refractivity contribution in [3.8, 4) is 17.2 Å². The van der Waals surface area contributed by atoms with Gasteiger partial charge in [-0.05, 0) is 23.8 Å². The van der Waals surface area contributed by atoms with E-state index in [4.69, 9.17) is 14.2 Å².